The highest BCUT2D eigenvalue weighted by Gasteiger charge is 2.44. The topological polar surface area (TPSA) is 50.2 Å². The zero-order chi connectivity index (χ0) is 21.4. The molecular weight excluding hydrogens is 464 g/mol. The monoisotopic (exact) mass is 490 g/mol. The summed E-state index contributed by atoms with van der Waals surface area (Å²) < 4.78 is 3.44. The number of hydrogen-bond acceptors (Lipinski definition) is 3. The minimum absolute atomic E-state index is 0.0529. The normalized spacial score (nSPS) is 24.8. The smallest absolute Gasteiger partial charge is 0.257 e. The maximum absolute atomic E-state index is 13.5. The Morgan fingerprint density at radius 1 is 1.09 bits per heavy atom. The number of amides is 1. The highest BCUT2D eigenvalue weighted by molar-refractivity contribution is 9.10. The van der Waals surface area contributed by atoms with Crippen LogP contribution in [0.15, 0.2) is 40.9 Å². The molecule has 2 aliphatic carbocycles. The van der Waals surface area contributed by atoms with Crippen LogP contribution in [-0.2, 0) is 0 Å². The summed E-state index contributed by atoms with van der Waals surface area (Å²) in [5.41, 5.74) is 5.29. The Kier molecular flexibility index (Phi) is 4.09. The van der Waals surface area contributed by atoms with Crippen molar-refractivity contribution in [3.63, 3.8) is 0 Å². The largest absolute Gasteiger partial charge is 0.371 e. The van der Waals surface area contributed by atoms with E-state index >= 15 is 0 Å². The SMILES string of the molecule is O=C(Nc1cccc2c1nc1n2[C@H]2CC[C@@H]1C2)c1ccc(Br)cc1N1CCC2(CC1)CC2. The third kappa shape index (κ3) is 2.88. The van der Waals surface area contributed by atoms with Crippen molar-refractivity contribution in [2.24, 2.45) is 5.41 Å². The van der Waals surface area contributed by atoms with Gasteiger partial charge in [0.25, 0.3) is 5.91 Å². The van der Waals surface area contributed by atoms with E-state index < -0.39 is 0 Å². The number of halogens is 1. The lowest BCUT2D eigenvalue weighted by atomic mass is 9.93. The van der Waals surface area contributed by atoms with Gasteiger partial charge in [-0.3, -0.25) is 4.79 Å². The van der Waals surface area contributed by atoms with Crippen molar-refractivity contribution in [1.29, 1.82) is 0 Å². The van der Waals surface area contributed by atoms with Crippen LogP contribution >= 0.6 is 15.9 Å². The number of aromatic nitrogens is 2. The summed E-state index contributed by atoms with van der Waals surface area (Å²) >= 11 is 3.62. The lowest BCUT2D eigenvalue weighted by molar-refractivity contribution is 0.102. The van der Waals surface area contributed by atoms with Crippen LogP contribution < -0.4 is 10.2 Å². The van der Waals surface area contributed by atoms with Crippen LogP contribution in [0.25, 0.3) is 11.0 Å². The van der Waals surface area contributed by atoms with E-state index in [1.807, 2.05) is 24.3 Å². The van der Waals surface area contributed by atoms with Gasteiger partial charge in [-0.1, -0.05) is 22.0 Å². The summed E-state index contributed by atoms with van der Waals surface area (Å²) in [6.07, 6.45) is 8.97. The van der Waals surface area contributed by atoms with E-state index in [-0.39, 0.29) is 5.91 Å². The van der Waals surface area contributed by atoms with E-state index in [2.05, 4.69) is 42.8 Å². The number of imidazole rings is 1. The molecule has 5 nitrogen and oxygen atoms in total. The number of piperidine rings is 1. The van der Waals surface area contributed by atoms with Gasteiger partial charge in [-0.2, -0.15) is 0 Å². The first-order chi connectivity index (χ1) is 15.6. The van der Waals surface area contributed by atoms with E-state index in [1.54, 1.807) is 0 Å². The van der Waals surface area contributed by atoms with Crippen molar-refractivity contribution in [3.05, 3.63) is 52.3 Å². The molecule has 2 bridgehead atoms. The van der Waals surface area contributed by atoms with E-state index in [4.69, 9.17) is 4.98 Å². The molecule has 1 N–H and O–H groups in total. The molecule has 3 aromatic rings. The van der Waals surface area contributed by atoms with E-state index in [1.165, 1.54) is 50.8 Å². The molecule has 6 heteroatoms. The molecule has 2 aromatic carbocycles. The van der Waals surface area contributed by atoms with Crippen LogP contribution in [0.2, 0.25) is 0 Å². The molecule has 1 amide bonds. The second-order valence-electron chi connectivity index (χ2n) is 10.3. The van der Waals surface area contributed by atoms with Crippen molar-refractivity contribution >= 4 is 44.2 Å². The Morgan fingerprint density at radius 3 is 2.75 bits per heavy atom. The molecule has 3 heterocycles. The molecular formula is C26H27BrN4O. The number of anilines is 2. The molecule has 32 heavy (non-hydrogen) atoms. The van der Waals surface area contributed by atoms with E-state index in [0.717, 1.165) is 45.5 Å². The average molecular weight is 491 g/mol. The van der Waals surface area contributed by atoms with Crippen molar-refractivity contribution in [2.45, 2.75) is 56.9 Å². The Bertz CT molecular complexity index is 1250. The standard InChI is InChI=1S/C26H27BrN4O/c27-17-5-7-19(22(15-17)30-12-10-26(8-9-26)11-13-30)25(32)28-20-2-1-3-21-23(20)29-24-16-4-6-18(14-16)31(21)24/h1-3,5,7,15-16,18H,4,6,8-14H2,(H,28,32)/t16-,18+/m1/s1. The van der Waals surface area contributed by atoms with Crippen LogP contribution in [-0.4, -0.2) is 28.5 Å². The van der Waals surface area contributed by atoms with Crippen LogP contribution in [0, 0.1) is 5.41 Å². The molecule has 4 aliphatic rings. The van der Waals surface area contributed by atoms with Gasteiger partial charge < -0.3 is 14.8 Å². The maximum atomic E-state index is 13.5. The molecule has 2 saturated carbocycles. The van der Waals surface area contributed by atoms with Crippen LogP contribution in [0.5, 0.6) is 0 Å². The van der Waals surface area contributed by atoms with Crippen LogP contribution in [0.4, 0.5) is 11.4 Å². The number of para-hydroxylation sites is 1. The Labute approximate surface area is 196 Å². The predicted molar refractivity (Wildman–Crippen MR) is 131 cm³/mol. The number of nitrogens with one attached hydrogen (secondary N) is 1. The zero-order valence-electron chi connectivity index (χ0n) is 18.1. The lowest BCUT2D eigenvalue weighted by Gasteiger charge is -2.35. The summed E-state index contributed by atoms with van der Waals surface area (Å²) in [7, 11) is 0. The van der Waals surface area contributed by atoms with Crippen molar-refractivity contribution in [1.82, 2.24) is 9.55 Å². The molecule has 3 fully saturated rings. The molecule has 1 saturated heterocycles. The highest BCUT2D eigenvalue weighted by Crippen LogP contribution is 2.54. The summed E-state index contributed by atoms with van der Waals surface area (Å²) in [4.78, 5) is 20.9. The second kappa shape index (κ2) is 6.83. The summed E-state index contributed by atoms with van der Waals surface area (Å²) in [6.45, 7) is 2.06. The van der Waals surface area contributed by atoms with Crippen LogP contribution in [0.1, 0.15) is 73.1 Å². The first-order valence-corrected chi connectivity index (χ1v) is 12.8. The van der Waals surface area contributed by atoms with Gasteiger partial charge in [0, 0.05) is 29.5 Å². The molecule has 1 spiro atoms. The molecule has 7 rings (SSSR count). The van der Waals surface area contributed by atoms with Crippen molar-refractivity contribution < 1.29 is 4.79 Å². The lowest BCUT2D eigenvalue weighted by Crippen LogP contribution is -2.35. The maximum Gasteiger partial charge on any atom is 0.257 e. The van der Waals surface area contributed by atoms with Crippen molar-refractivity contribution in [3.8, 4) is 0 Å². The van der Waals surface area contributed by atoms with E-state index in [9.17, 15) is 4.79 Å². The van der Waals surface area contributed by atoms with Gasteiger partial charge in [-0.05, 0) is 80.7 Å². The van der Waals surface area contributed by atoms with Gasteiger partial charge in [0.15, 0.2) is 0 Å². The molecule has 2 atom stereocenters. The van der Waals surface area contributed by atoms with E-state index in [0.29, 0.717) is 17.4 Å². The molecule has 1 aromatic heterocycles. The van der Waals surface area contributed by atoms with Gasteiger partial charge in [-0.15, -0.1) is 0 Å². The number of nitrogens with zero attached hydrogens (tertiary/aromatic N) is 3. The second-order valence-corrected chi connectivity index (χ2v) is 11.2. The Hall–Kier alpha value is -2.34. The number of benzene rings is 2. The molecule has 0 unspecified atom stereocenters. The molecule has 164 valence electrons. The summed E-state index contributed by atoms with van der Waals surface area (Å²) in [5.74, 6) is 1.75. The fourth-order valence-corrected chi connectivity index (χ4v) is 6.73. The molecule has 0 radical (unpaired) electrons. The number of carbonyl (C=O) groups excluding carboxylic acids is 1. The van der Waals surface area contributed by atoms with Gasteiger partial charge in [-0.25, -0.2) is 4.98 Å². The number of rotatable bonds is 3. The molecule has 2 aliphatic heterocycles. The van der Waals surface area contributed by atoms with Gasteiger partial charge in [0.05, 0.1) is 22.5 Å². The van der Waals surface area contributed by atoms with Crippen LogP contribution in [0.3, 0.4) is 0 Å². The average Bonchev–Trinajstić information content (AvgIpc) is 3.16. The van der Waals surface area contributed by atoms with Gasteiger partial charge in [0.1, 0.15) is 11.3 Å². The minimum atomic E-state index is -0.0529. The summed E-state index contributed by atoms with van der Waals surface area (Å²) in [5, 5.41) is 3.21. The highest BCUT2D eigenvalue weighted by atomic mass is 79.9. The number of hydrogen-bond donors (Lipinski definition) is 1. The third-order valence-corrected chi connectivity index (χ3v) is 8.95. The third-order valence-electron chi connectivity index (χ3n) is 8.46. The minimum Gasteiger partial charge on any atom is -0.371 e. The number of fused-ring (bicyclic) bond motifs is 7. The van der Waals surface area contributed by atoms with Crippen molar-refractivity contribution in [2.75, 3.05) is 23.3 Å². The first-order valence-electron chi connectivity index (χ1n) is 12.0. The fraction of sp³-hybridized carbons (Fsp3) is 0.462. The predicted octanol–water partition coefficient (Wildman–Crippen LogP) is 6.25. The summed E-state index contributed by atoms with van der Waals surface area (Å²) in [6, 6.07) is 12.8. The number of carbonyl (C=O) groups is 1. The fourth-order valence-electron chi connectivity index (χ4n) is 6.38. The van der Waals surface area contributed by atoms with Gasteiger partial charge >= 0.3 is 0 Å². The Balaban J connectivity index is 1.21. The quantitative estimate of drug-likeness (QED) is 0.471. The zero-order valence-corrected chi connectivity index (χ0v) is 19.7. The van der Waals surface area contributed by atoms with Gasteiger partial charge in [0.2, 0.25) is 0 Å². The first kappa shape index (κ1) is 19.2. The Morgan fingerprint density at radius 2 is 1.94 bits per heavy atom.